The third kappa shape index (κ3) is 3.57. The van der Waals surface area contributed by atoms with E-state index in [1.54, 1.807) is 4.57 Å². The minimum Gasteiger partial charge on any atom is -0.383 e. The van der Waals surface area contributed by atoms with Crippen LogP contribution in [0, 0.1) is 5.82 Å². The first-order chi connectivity index (χ1) is 19.0. The van der Waals surface area contributed by atoms with E-state index in [-0.39, 0.29) is 46.5 Å². The highest BCUT2D eigenvalue weighted by Crippen LogP contribution is 2.39. The van der Waals surface area contributed by atoms with Crippen molar-refractivity contribution in [1.29, 1.82) is 0 Å². The smallest absolute Gasteiger partial charge is 0.182 e. The van der Waals surface area contributed by atoms with Crippen LogP contribution in [0.2, 0.25) is 0 Å². The molecule has 6 rings (SSSR count). The van der Waals surface area contributed by atoms with Gasteiger partial charge in [0.15, 0.2) is 23.3 Å². The summed E-state index contributed by atoms with van der Waals surface area (Å²) in [5.41, 5.74) is 22.6. The number of nitrogens with zero attached hydrogens (tertiary/aromatic N) is 8. The molecule has 0 amide bonds. The van der Waals surface area contributed by atoms with Crippen molar-refractivity contribution in [2.24, 2.45) is 0 Å². The first kappa shape index (κ1) is 25.5. The lowest BCUT2D eigenvalue weighted by Crippen LogP contribution is -2.07. The van der Waals surface area contributed by atoms with Gasteiger partial charge in [-0.3, -0.25) is 0 Å². The second-order valence-corrected chi connectivity index (χ2v) is 10.8. The minimum atomic E-state index is -0.599. The van der Waals surface area contributed by atoms with Crippen molar-refractivity contribution in [3.05, 3.63) is 30.0 Å². The Kier molecular flexibility index (Phi) is 5.64. The van der Waals surface area contributed by atoms with Crippen LogP contribution in [-0.4, -0.2) is 44.0 Å². The van der Waals surface area contributed by atoms with Crippen LogP contribution in [0.1, 0.15) is 65.1 Å². The summed E-state index contributed by atoms with van der Waals surface area (Å²) in [6.07, 6.45) is 3.26. The largest absolute Gasteiger partial charge is 0.383 e. The van der Waals surface area contributed by atoms with Crippen molar-refractivity contribution >= 4 is 50.6 Å². The Bertz CT molecular complexity index is 1940. The van der Waals surface area contributed by atoms with E-state index in [1.165, 1.54) is 6.33 Å². The van der Waals surface area contributed by atoms with E-state index in [0.29, 0.717) is 34.0 Å². The van der Waals surface area contributed by atoms with Gasteiger partial charge in [-0.2, -0.15) is 0 Å². The van der Waals surface area contributed by atoms with E-state index in [4.69, 9.17) is 27.2 Å². The van der Waals surface area contributed by atoms with Gasteiger partial charge < -0.3 is 31.3 Å². The highest BCUT2D eigenvalue weighted by molar-refractivity contribution is 5.97. The van der Waals surface area contributed by atoms with Crippen molar-refractivity contribution in [1.82, 2.24) is 44.0 Å². The number of nitrogens with two attached hydrogens (primary N) is 3. The number of hydrogen-bond acceptors (Lipinski definition) is 9. The maximum atomic E-state index is 16.0. The second kappa shape index (κ2) is 8.86. The van der Waals surface area contributed by atoms with Crippen LogP contribution in [-0.2, 0) is 0 Å². The Balaban J connectivity index is 1.65. The lowest BCUT2D eigenvalue weighted by atomic mass is 10.0. The zero-order chi connectivity index (χ0) is 28.6. The van der Waals surface area contributed by atoms with Crippen LogP contribution >= 0.6 is 0 Å². The maximum Gasteiger partial charge on any atom is 0.182 e. The molecule has 0 aliphatic rings. The van der Waals surface area contributed by atoms with Crippen LogP contribution in [0.25, 0.3) is 56.1 Å². The first-order valence-corrected chi connectivity index (χ1v) is 13.1. The van der Waals surface area contributed by atoms with Gasteiger partial charge in [0.1, 0.15) is 40.5 Å². The summed E-state index contributed by atoms with van der Waals surface area (Å²) in [7, 11) is 0. The summed E-state index contributed by atoms with van der Waals surface area (Å²) in [6, 6.07) is 1.92. The van der Waals surface area contributed by atoms with Crippen LogP contribution in [0.5, 0.6) is 0 Å². The molecule has 12 nitrogen and oxygen atoms in total. The van der Waals surface area contributed by atoms with Crippen LogP contribution < -0.4 is 17.2 Å². The van der Waals surface area contributed by atoms with Crippen molar-refractivity contribution < 1.29 is 4.39 Å². The highest BCUT2D eigenvalue weighted by atomic mass is 19.1. The molecule has 0 unspecified atom stereocenters. The Labute approximate surface area is 228 Å². The summed E-state index contributed by atoms with van der Waals surface area (Å²) in [5.74, 6) is 0.482. The Morgan fingerprint density at radius 1 is 0.825 bits per heavy atom. The summed E-state index contributed by atoms with van der Waals surface area (Å²) in [5, 5.41) is 0.901. The number of aromatic amines is 1. The molecule has 0 aliphatic carbocycles. The fourth-order valence-corrected chi connectivity index (χ4v) is 5.36. The molecule has 206 valence electrons. The first-order valence-electron chi connectivity index (χ1n) is 13.1. The third-order valence-corrected chi connectivity index (χ3v) is 7.15. The lowest BCUT2D eigenvalue weighted by molar-refractivity contribution is 0.591. The van der Waals surface area contributed by atoms with E-state index >= 15 is 4.39 Å². The number of rotatable bonds is 5. The molecule has 0 atom stereocenters. The summed E-state index contributed by atoms with van der Waals surface area (Å²) < 4.78 is 19.7. The van der Waals surface area contributed by atoms with Gasteiger partial charge in [-0.1, -0.05) is 13.8 Å². The number of anilines is 3. The number of halogens is 1. The standard InChI is InChI=1S/C27H31FN12/c1-10(2)14-17-19(34-18(14)24-36-21(29)13-7-8-39(11(3)4)26(13)38-24)23(31)37-25(35-17)20-16(28)15-22(30)32-9-33-27(15)40(20)12(5)6/h7-12,34H,1-6H3,(H2,29,36,38)(H2,30,32,33)(H2,31,35,37). The van der Waals surface area contributed by atoms with Gasteiger partial charge in [0.2, 0.25) is 0 Å². The van der Waals surface area contributed by atoms with Gasteiger partial charge in [-0.05, 0) is 39.7 Å². The van der Waals surface area contributed by atoms with Gasteiger partial charge in [-0.25, -0.2) is 34.3 Å². The molecule has 0 aromatic carbocycles. The Morgan fingerprint density at radius 3 is 2.23 bits per heavy atom. The average Bonchev–Trinajstić information content (AvgIpc) is 3.56. The molecule has 6 aromatic rings. The van der Waals surface area contributed by atoms with Gasteiger partial charge >= 0.3 is 0 Å². The molecular formula is C27H31FN12. The predicted octanol–water partition coefficient (Wildman–Crippen LogP) is 4.95. The molecular weight excluding hydrogens is 511 g/mol. The fourth-order valence-electron chi connectivity index (χ4n) is 5.36. The zero-order valence-corrected chi connectivity index (χ0v) is 23.2. The van der Waals surface area contributed by atoms with Crippen LogP contribution in [0.3, 0.4) is 0 Å². The SMILES string of the molecule is CC(C)c1c(-c2nc(N)c3ccn(C(C)C)c3n2)[nH]c2c(N)nc(-c3c(F)c4c(N)ncnc4n3C(C)C)nc12. The number of nitrogen functional groups attached to an aromatic ring is 3. The minimum absolute atomic E-state index is 0.0226. The summed E-state index contributed by atoms with van der Waals surface area (Å²) >= 11 is 0. The molecule has 40 heavy (non-hydrogen) atoms. The third-order valence-electron chi connectivity index (χ3n) is 7.15. The van der Waals surface area contributed by atoms with Crippen molar-refractivity contribution in [2.75, 3.05) is 17.2 Å². The number of fused-ring (bicyclic) bond motifs is 3. The van der Waals surface area contributed by atoms with E-state index in [1.807, 2.05) is 44.5 Å². The average molecular weight is 543 g/mol. The van der Waals surface area contributed by atoms with Crippen molar-refractivity contribution in [3.8, 4) is 23.0 Å². The highest BCUT2D eigenvalue weighted by Gasteiger charge is 2.29. The molecule has 0 saturated carbocycles. The van der Waals surface area contributed by atoms with Crippen LogP contribution in [0.4, 0.5) is 21.8 Å². The van der Waals surface area contributed by atoms with E-state index in [2.05, 4.69) is 38.8 Å². The molecule has 0 fully saturated rings. The molecule has 0 bridgehead atoms. The quantitative estimate of drug-likeness (QED) is 0.234. The van der Waals surface area contributed by atoms with Crippen molar-refractivity contribution in [3.63, 3.8) is 0 Å². The van der Waals surface area contributed by atoms with Gasteiger partial charge in [0, 0.05) is 23.8 Å². The molecule has 13 heteroatoms. The Morgan fingerprint density at radius 2 is 1.55 bits per heavy atom. The maximum absolute atomic E-state index is 16.0. The number of H-pyrrole nitrogens is 1. The van der Waals surface area contributed by atoms with Gasteiger partial charge in [0.05, 0.1) is 22.0 Å². The monoisotopic (exact) mass is 542 g/mol. The second-order valence-electron chi connectivity index (χ2n) is 10.8. The molecule has 6 aromatic heterocycles. The number of hydrogen-bond donors (Lipinski definition) is 4. The molecule has 0 aliphatic heterocycles. The summed E-state index contributed by atoms with van der Waals surface area (Å²) in [4.78, 5) is 30.5. The van der Waals surface area contributed by atoms with E-state index in [0.717, 1.165) is 16.6 Å². The topological polar surface area (TPSA) is 181 Å². The van der Waals surface area contributed by atoms with Crippen molar-refractivity contribution in [2.45, 2.75) is 59.5 Å². The molecule has 0 saturated heterocycles. The Hall–Kier alpha value is -4.81. The molecule has 0 radical (unpaired) electrons. The van der Waals surface area contributed by atoms with Gasteiger partial charge in [-0.15, -0.1) is 0 Å². The number of aromatic nitrogens is 9. The number of nitrogens with one attached hydrogen (secondary N) is 1. The summed E-state index contributed by atoms with van der Waals surface area (Å²) in [6.45, 7) is 12.1. The molecule has 7 N–H and O–H groups in total. The van der Waals surface area contributed by atoms with E-state index < -0.39 is 5.82 Å². The zero-order valence-electron chi connectivity index (χ0n) is 23.2. The molecule has 0 spiro atoms. The van der Waals surface area contributed by atoms with Gasteiger partial charge in [0.25, 0.3) is 0 Å². The van der Waals surface area contributed by atoms with E-state index in [9.17, 15) is 0 Å². The lowest BCUT2D eigenvalue weighted by Gasteiger charge is -2.14. The fraction of sp³-hybridized carbons (Fsp3) is 0.333. The predicted molar refractivity (Wildman–Crippen MR) is 155 cm³/mol. The normalized spacial score (nSPS) is 12.3. The van der Waals surface area contributed by atoms with Crippen LogP contribution in [0.15, 0.2) is 18.6 Å². The molecule has 6 heterocycles.